The average Bonchev–Trinajstić information content (AvgIpc) is 0.841. The predicted octanol–water partition coefficient (Wildman–Crippen LogP) is 23.3. The molecule has 0 aliphatic rings. The highest BCUT2D eigenvalue weighted by Crippen LogP contribution is 2.25. The molecule has 0 aliphatic heterocycles. The van der Waals surface area contributed by atoms with Gasteiger partial charge in [-0.15, -0.1) is 0 Å². The van der Waals surface area contributed by atoms with Crippen LogP contribution in [0, 0.1) is 43.3 Å². The maximum Gasteiger partial charge on any atom is 0.243 e. The molecule has 1 rings (SSSR count). The molecular weight excluding hydrogens is 1740 g/mol. The zero-order chi connectivity index (χ0) is 108. The lowest BCUT2D eigenvalue weighted by atomic mass is 9.87. The third kappa shape index (κ3) is 90.9. The van der Waals surface area contributed by atoms with E-state index in [0.29, 0.717) is 108 Å². The molecule has 2 amide bonds. The van der Waals surface area contributed by atoms with Crippen molar-refractivity contribution in [2.75, 3.05) is 32.1 Å². The van der Waals surface area contributed by atoms with Crippen molar-refractivity contribution in [2.45, 2.75) is 382 Å². The van der Waals surface area contributed by atoms with Gasteiger partial charge in [0.15, 0.2) is 56.1 Å². The van der Waals surface area contributed by atoms with Crippen LogP contribution in [0.1, 0.15) is 383 Å². The first-order valence-corrected chi connectivity index (χ1v) is 48.9. The van der Waals surface area contributed by atoms with Gasteiger partial charge in [0, 0.05) is 141 Å². The van der Waals surface area contributed by atoms with E-state index < -0.39 is 31.2 Å². The Hall–Kier alpha value is -9.55. The molecule has 1 aromatic carbocycles. The molecule has 0 saturated heterocycles. The number of benzene rings is 1. The second-order valence-electron chi connectivity index (χ2n) is 43.5. The number of Topliss-reactive ketones (excluding diaryl/α,β-unsaturated/α-hetero) is 9. The summed E-state index contributed by atoms with van der Waals surface area (Å²) in [5, 5.41) is 5.23. The van der Waals surface area contributed by atoms with Gasteiger partial charge < -0.3 is 15.4 Å². The van der Waals surface area contributed by atoms with E-state index in [1.807, 2.05) is 196 Å². The van der Waals surface area contributed by atoms with Crippen LogP contribution in [0.25, 0.3) is 6.08 Å². The number of hydrogen-bond donors (Lipinski definition) is 2. The smallest absolute Gasteiger partial charge is 0.243 e. The molecule has 0 radical (unpaired) electrons. The Labute approximate surface area is 822 Å². The normalized spacial score (nSPS) is 11.4. The van der Waals surface area contributed by atoms with E-state index in [1.54, 1.807) is 99.6 Å². The van der Waals surface area contributed by atoms with Gasteiger partial charge in [0.1, 0.15) is 47.9 Å². The lowest BCUT2D eigenvalue weighted by Crippen LogP contribution is -2.36. The van der Waals surface area contributed by atoms with Crippen molar-refractivity contribution in [1.82, 2.24) is 10.6 Å². The fourth-order valence-corrected chi connectivity index (χ4v) is 10.5. The number of ketones is 16. The van der Waals surface area contributed by atoms with Gasteiger partial charge in [0.2, 0.25) is 23.4 Å². The Bertz CT molecular complexity index is 4240. The highest BCUT2D eigenvalue weighted by molar-refractivity contribution is 7.92. The molecular formula is C112H182N2O21S. The quantitative estimate of drug-likeness (QED) is 0.0348. The fourth-order valence-electron chi connectivity index (χ4n) is 9.53. The van der Waals surface area contributed by atoms with E-state index in [9.17, 15) is 94.7 Å². The van der Waals surface area contributed by atoms with E-state index >= 15 is 0 Å². The largest absolute Gasteiger partial charge is 0.366 e. The lowest BCUT2D eigenvalue weighted by Gasteiger charge is -2.18. The van der Waals surface area contributed by atoms with Gasteiger partial charge in [-0.05, 0) is 187 Å². The maximum absolute atomic E-state index is 11.7. The van der Waals surface area contributed by atoms with E-state index in [0.717, 1.165) is 41.2 Å². The first kappa shape index (κ1) is 142. The van der Waals surface area contributed by atoms with Crippen LogP contribution < -0.4 is 10.6 Å². The zero-order valence-corrected chi connectivity index (χ0v) is 91.8. The first-order chi connectivity index (χ1) is 61.5. The number of sulfone groups is 1. The minimum absolute atomic E-state index is 0.00316. The van der Waals surface area contributed by atoms with E-state index in [1.165, 1.54) is 24.3 Å². The summed E-state index contributed by atoms with van der Waals surface area (Å²) in [4.78, 5) is 204. The third-order valence-electron chi connectivity index (χ3n) is 18.6. The summed E-state index contributed by atoms with van der Waals surface area (Å²) in [6.07, 6.45) is 26.8. The molecule has 1 aromatic rings. The fraction of sp³-hybridized carbons (Fsp3) is 0.625. The monoisotopic (exact) mass is 1920 g/mol. The van der Waals surface area contributed by atoms with Crippen LogP contribution in [0.15, 0.2) is 133 Å². The van der Waals surface area contributed by atoms with Crippen LogP contribution in [0.5, 0.6) is 0 Å². The highest BCUT2D eigenvalue weighted by Gasteiger charge is 2.30. The Balaban J connectivity index is -0.000000227. The molecule has 136 heavy (non-hydrogen) atoms. The standard InChI is InChI=1S/C17H22O2.C15H24O3.C13H22O2.C12H21NO2.C12H20O3.2C12H20O2.C10H16O2.C9H17NO3S/c1-17(2,3)16(19)11-7-10-15(18)13-12-14-8-5-4-6-9-14;1-5-12(16)10-11-13(17)8-6-7-9-14(18)15(2,3)4;1-10(2)9-11(14)7-6-8-12(15)13(3,4)5;1-5-6-10(14)7-8-11(15)13-9-12(2,3)4;1-9(2)6-10(13)7-15-8-11(14)12(3,4)5;1-9(2)10(13)7-6-8-11(14)12(3,4)5;1-5-7-10(13)8-6-9-11(14)12(2,3)4;1-7(2)6-8(11)9(12)10(3,4)5;1-5-8(11)10-6-7-14(12,13)9(2,3)4/h4-6,8-9,12-13H,7,10-11H2,1-3H3;5H,1,6-11H2,2-4H3;9H,6-8H2,1-5H3;5-6H,7-9H2,1-4H3,(H,13,15);6H,7-8H2,1-5H3;1,6-8H2,2-5H3;5,7H,6,8-9H2,1-4H3;6H,1-5H3;5H,1,6-7H2,2-4H3,(H,10,11)/b13-12+;;;6-5+;;;7-5+;;. The lowest BCUT2D eigenvalue weighted by molar-refractivity contribution is -0.138. The maximum atomic E-state index is 11.7. The van der Waals surface area contributed by atoms with Crippen LogP contribution in [0.4, 0.5) is 0 Å². The summed E-state index contributed by atoms with van der Waals surface area (Å²) in [5.74, 6) is 0.212. The SMILES string of the molecule is C/C=C/C(=O)CCC(=O)NCC(C)(C)C.C/C=C/C(=O)CCCC(=O)C(C)(C)C.C=C(C)C(=O)CCCC(=O)C(C)(C)C.C=CC(=O)CCC(=O)CCCCC(=O)C(C)(C)C.C=CC(=O)NCCS(=O)(=O)C(C)(C)C.CC(C)(C)C(=O)CCCC(=O)/C=C/c1ccccc1.CC(C)=CC(=O)C(=O)C(C)(C)C.CC(C)=CC(=O)CCCC(=O)C(C)(C)C.CC(C)=CC(=O)COCC(=O)C(C)(C)C. The number of hydrogen-bond acceptors (Lipinski definition) is 21. The Kier molecular flexibility index (Phi) is 75.8. The van der Waals surface area contributed by atoms with Gasteiger partial charge in [-0.3, -0.25) is 86.3 Å². The van der Waals surface area contributed by atoms with E-state index in [2.05, 4.69) is 51.1 Å². The number of ether oxygens (including phenoxy) is 1. The topological polar surface area (TPSA) is 375 Å². The molecule has 772 valence electrons. The number of amides is 2. The number of carbonyl (C=O) groups excluding carboxylic acids is 18. The van der Waals surface area contributed by atoms with E-state index in [-0.39, 0.29) is 176 Å². The molecule has 0 fully saturated rings. The van der Waals surface area contributed by atoms with Gasteiger partial charge in [-0.25, -0.2) is 8.42 Å². The number of carbonyl (C=O) groups is 18. The molecule has 0 spiro atoms. The number of unbranched alkanes of at least 4 members (excludes halogenated alkanes) is 1. The van der Waals surface area contributed by atoms with Crippen molar-refractivity contribution in [1.29, 1.82) is 0 Å². The molecule has 0 bridgehead atoms. The molecule has 0 aromatic heterocycles. The Morgan fingerprint density at radius 1 is 0.360 bits per heavy atom. The van der Waals surface area contributed by atoms with Crippen molar-refractivity contribution in [3.05, 3.63) is 139 Å². The van der Waals surface area contributed by atoms with Gasteiger partial charge in [0.05, 0.1) is 10.5 Å². The Morgan fingerprint density at radius 3 is 1.06 bits per heavy atom. The van der Waals surface area contributed by atoms with Crippen molar-refractivity contribution in [2.24, 2.45) is 43.3 Å². The van der Waals surface area contributed by atoms with Gasteiger partial charge in [0.25, 0.3) is 0 Å². The summed E-state index contributed by atoms with van der Waals surface area (Å²) in [6, 6.07) is 9.72. The van der Waals surface area contributed by atoms with Crippen LogP contribution in [0.3, 0.4) is 0 Å². The molecule has 23 nitrogen and oxygen atoms in total. The average molecular weight is 1920 g/mol. The molecule has 2 N–H and O–H groups in total. The minimum atomic E-state index is -3.15. The van der Waals surface area contributed by atoms with Crippen molar-refractivity contribution in [3.8, 4) is 0 Å². The zero-order valence-electron chi connectivity index (χ0n) is 91.0. The molecule has 0 aliphatic carbocycles. The third-order valence-corrected chi connectivity index (χ3v) is 21.2. The second kappa shape index (κ2) is 72.7. The molecule has 0 saturated carbocycles. The summed E-state index contributed by atoms with van der Waals surface area (Å²) in [6.45, 7) is 77.7. The van der Waals surface area contributed by atoms with Gasteiger partial charge in [-0.2, -0.15) is 0 Å². The molecule has 24 heteroatoms. The highest BCUT2D eigenvalue weighted by atomic mass is 32.2. The predicted molar refractivity (Wildman–Crippen MR) is 557 cm³/mol. The summed E-state index contributed by atoms with van der Waals surface area (Å²) < 4.78 is 27.4. The summed E-state index contributed by atoms with van der Waals surface area (Å²) in [7, 11) is -3.15. The minimum Gasteiger partial charge on any atom is -0.366 e. The van der Waals surface area contributed by atoms with E-state index in [4.69, 9.17) is 4.74 Å². The van der Waals surface area contributed by atoms with Crippen molar-refractivity contribution in [3.63, 3.8) is 0 Å². The molecule has 0 atom stereocenters. The van der Waals surface area contributed by atoms with Crippen LogP contribution in [0.2, 0.25) is 0 Å². The van der Waals surface area contributed by atoms with Crippen molar-refractivity contribution >= 4 is 120 Å². The Morgan fingerprint density at radius 2 is 0.713 bits per heavy atom. The molecule has 0 heterocycles. The van der Waals surface area contributed by atoms with Crippen molar-refractivity contribution < 1.29 is 99.5 Å². The number of allylic oxidation sites excluding steroid dienone is 12. The second-order valence-corrected chi connectivity index (χ2v) is 46.4. The van der Waals surface area contributed by atoms with Gasteiger partial charge >= 0.3 is 0 Å². The number of nitrogens with one attached hydrogen (secondary N) is 2. The number of rotatable bonds is 46. The van der Waals surface area contributed by atoms with Crippen LogP contribution in [-0.2, 0) is 101 Å². The summed E-state index contributed by atoms with van der Waals surface area (Å²) >= 11 is 0. The first-order valence-electron chi connectivity index (χ1n) is 47.2. The summed E-state index contributed by atoms with van der Waals surface area (Å²) in [5.41, 5.74) is 2.09. The van der Waals surface area contributed by atoms with Crippen LogP contribution in [-0.4, -0.2) is 150 Å². The molecule has 0 unspecified atom stereocenters. The van der Waals surface area contributed by atoms with Crippen LogP contribution >= 0.6 is 0 Å². The van der Waals surface area contributed by atoms with Gasteiger partial charge in [-0.1, -0.05) is 251 Å².